The minimum atomic E-state index is 0.541. The van der Waals surface area contributed by atoms with Gasteiger partial charge in [-0.25, -0.2) is 0 Å². The Labute approximate surface area is 163 Å². The molecule has 4 rings (SSSR count). The summed E-state index contributed by atoms with van der Waals surface area (Å²) in [5, 5.41) is 4.74. The van der Waals surface area contributed by atoms with E-state index >= 15 is 0 Å². The van der Waals surface area contributed by atoms with Crippen LogP contribution in [0.3, 0.4) is 0 Å². The summed E-state index contributed by atoms with van der Waals surface area (Å²) in [5.41, 5.74) is 4.06. The van der Waals surface area contributed by atoms with Gasteiger partial charge >= 0.3 is 0 Å². The number of benzene rings is 2. The van der Waals surface area contributed by atoms with E-state index in [1.54, 1.807) is 0 Å². The van der Waals surface area contributed by atoms with Crippen molar-refractivity contribution in [2.45, 2.75) is 69.7 Å². The lowest BCUT2D eigenvalue weighted by Crippen LogP contribution is -2.21. The summed E-state index contributed by atoms with van der Waals surface area (Å²) in [6, 6.07) is 18.1. The lowest BCUT2D eigenvalue weighted by molar-refractivity contribution is 0.443. The van der Waals surface area contributed by atoms with Crippen LogP contribution in [-0.2, 0) is 0 Å². The Morgan fingerprint density at radius 3 is 2.50 bits per heavy atom. The molecule has 0 saturated heterocycles. The molecule has 3 atom stereocenters. The van der Waals surface area contributed by atoms with E-state index in [1.807, 2.05) is 0 Å². The molecular weight excluding hydrogens is 338 g/mol. The van der Waals surface area contributed by atoms with E-state index in [0.29, 0.717) is 17.9 Å². The lowest BCUT2D eigenvalue weighted by atomic mass is 9.83. The van der Waals surface area contributed by atoms with Crippen LogP contribution in [0.15, 0.2) is 48.5 Å². The van der Waals surface area contributed by atoms with E-state index in [0.717, 1.165) is 17.4 Å². The van der Waals surface area contributed by atoms with Crippen LogP contribution in [0.5, 0.6) is 0 Å². The minimum absolute atomic E-state index is 0.541. The van der Waals surface area contributed by atoms with E-state index in [-0.39, 0.29) is 0 Å². The number of para-hydroxylation sites is 1. The fourth-order valence-electron chi connectivity index (χ4n) is 4.82. The van der Waals surface area contributed by atoms with E-state index in [1.165, 1.54) is 55.3 Å². The maximum absolute atomic E-state index is 6.71. The molecule has 1 nitrogen and oxygen atoms in total. The molecule has 0 spiro atoms. The predicted octanol–water partition coefficient (Wildman–Crippen LogP) is 7.38. The zero-order valence-corrected chi connectivity index (χ0v) is 16.5. The third kappa shape index (κ3) is 3.93. The van der Waals surface area contributed by atoms with Crippen molar-refractivity contribution >= 4 is 17.3 Å². The van der Waals surface area contributed by atoms with Gasteiger partial charge in [0.1, 0.15) is 0 Å². The van der Waals surface area contributed by atoms with Gasteiger partial charge in [0.05, 0.1) is 0 Å². The molecule has 0 aliphatic heterocycles. The Hall–Kier alpha value is -1.47. The van der Waals surface area contributed by atoms with Crippen molar-refractivity contribution in [3.8, 4) is 0 Å². The zero-order valence-electron chi connectivity index (χ0n) is 15.8. The highest BCUT2D eigenvalue weighted by atomic mass is 35.5. The second-order valence-corrected chi connectivity index (χ2v) is 8.55. The van der Waals surface area contributed by atoms with Crippen LogP contribution in [0, 0.1) is 5.92 Å². The maximum atomic E-state index is 6.71. The third-order valence-electron chi connectivity index (χ3n) is 6.42. The Balaban J connectivity index is 1.43. The highest BCUT2D eigenvalue weighted by Crippen LogP contribution is 2.51. The van der Waals surface area contributed by atoms with E-state index in [2.05, 4.69) is 60.8 Å². The SMILES string of the molecule is CCC(Nc1ccccc1)C1CC1c1ccc(C2CCCCC2)c(Cl)c1. The normalized spacial score (nSPS) is 24.2. The number of hydrogen-bond donors (Lipinski definition) is 1. The standard InChI is InChI=1S/C24H30ClN/c1-2-24(26-19-11-7-4-8-12-19)22-16-21(22)18-13-14-20(23(25)15-18)17-9-5-3-6-10-17/h4,7-8,11-15,17,21-22,24,26H,2-3,5-6,9-10,16H2,1H3. The smallest absolute Gasteiger partial charge is 0.0443 e. The highest BCUT2D eigenvalue weighted by Gasteiger charge is 2.43. The van der Waals surface area contributed by atoms with Crippen LogP contribution < -0.4 is 5.32 Å². The highest BCUT2D eigenvalue weighted by molar-refractivity contribution is 6.31. The Bertz CT molecular complexity index is 720. The molecule has 2 aliphatic carbocycles. The Morgan fingerprint density at radius 2 is 1.81 bits per heavy atom. The van der Waals surface area contributed by atoms with Crippen LogP contribution in [0.4, 0.5) is 5.69 Å². The Morgan fingerprint density at radius 1 is 1.04 bits per heavy atom. The molecule has 2 aliphatic rings. The van der Waals surface area contributed by atoms with E-state index in [9.17, 15) is 0 Å². The maximum Gasteiger partial charge on any atom is 0.0443 e. The summed E-state index contributed by atoms with van der Waals surface area (Å²) in [7, 11) is 0. The van der Waals surface area contributed by atoms with Crippen molar-refractivity contribution in [1.29, 1.82) is 0 Å². The minimum Gasteiger partial charge on any atom is -0.382 e. The molecule has 0 radical (unpaired) electrons. The van der Waals surface area contributed by atoms with Gasteiger partial charge in [-0.05, 0) is 72.8 Å². The largest absolute Gasteiger partial charge is 0.382 e. The van der Waals surface area contributed by atoms with Gasteiger partial charge in [0.15, 0.2) is 0 Å². The van der Waals surface area contributed by atoms with E-state index < -0.39 is 0 Å². The zero-order chi connectivity index (χ0) is 17.9. The number of halogens is 1. The molecule has 1 N–H and O–H groups in total. The molecular formula is C24H30ClN. The molecule has 2 aromatic rings. The van der Waals surface area contributed by atoms with Crippen molar-refractivity contribution in [2.24, 2.45) is 5.92 Å². The van der Waals surface area contributed by atoms with Gasteiger partial charge in [-0.2, -0.15) is 0 Å². The summed E-state index contributed by atoms with van der Waals surface area (Å²) in [4.78, 5) is 0. The fourth-order valence-corrected chi connectivity index (χ4v) is 5.16. The molecule has 26 heavy (non-hydrogen) atoms. The van der Waals surface area contributed by atoms with Crippen molar-refractivity contribution < 1.29 is 0 Å². The van der Waals surface area contributed by atoms with Crippen molar-refractivity contribution in [2.75, 3.05) is 5.32 Å². The summed E-state index contributed by atoms with van der Waals surface area (Å²) in [6.07, 6.45) is 9.16. The molecule has 2 heteroatoms. The average molecular weight is 368 g/mol. The van der Waals surface area contributed by atoms with Gasteiger partial charge in [0.2, 0.25) is 0 Å². The van der Waals surface area contributed by atoms with Gasteiger partial charge in [0.25, 0.3) is 0 Å². The van der Waals surface area contributed by atoms with Crippen LogP contribution in [0.2, 0.25) is 5.02 Å². The van der Waals surface area contributed by atoms with Gasteiger partial charge in [-0.15, -0.1) is 0 Å². The van der Waals surface area contributed by atoms with Gasteiger partial charge in [-0.3, -0.25) is 0 Å². The van der Waals surface area contributed by atoms with Gasteiger partial charge in [0, 0.05) is 16.8 Å². The molecule has 0 bridgehead atoms. The molecule has 2 fully saturated rings. The molecule has 2 saturated carbocycles. The lowest BCUT2D eigenvalue weighted by Gasteiger charge is -2.23. The molecule has 0 heterocycles. The van der Waals surface area contributed by atoms with Crippen molar-refractivity contribution in [3.05, 3.63) is 64.7 Å². The summed E-state index contributed by atoms with van der Waals surface area (Å²) in [6.45, 7) is 2.29. The number of anilines is 1. The number of nitrogens with one attached hydrogen (secondary N) is 1. The molecule has 3 unspecified atom stereocenters. The van der Waals surface area contributed by atoms with Crippen molar-refractivity contribution in [3.63, 3.8) is 0 Å². The third-order valence-corrected chi connectivity index (χ3v) is 6.75. The van der Waals surface area contributed by atoms with Crippen LogP contribution in [0.1, 0.15) is 74.8 Å². The molecule has 2 aromatic carbocycles. The van der Waals surface area contributed by atoms with Gasteiger partial charge in [-0.1, -0.05) is 68.1 Å². The van der Waals surface area contributed by atoms with Crippen LogP contribution >= 0.6 is 11.6 Å². The first-order valence-electron chi connectivity index (χ1n) is 10.4. The first kappa shape index (κ1) is 17.9. The predicted molar refractivity (Wildman–Crippen MR) is 112 cm³/mol. The fraction of sp³-hybridized carbons (Fsp3) is 0.500. The van der Waals surface area contributed by atoms with Crippen molar-refractivity contribution in [1.82, 2.24) is 0 Å². The molecule has 0 aromatic heterocycles. The van der Waals surface area contributed by atoms with Gasteiger partial charge < -0.3 is 5.32 Å². The van der Waals surface area contributed by atoms with E-state index in [4.69, 9.17) is 11.6 Å². The quantitative estimate of drug-likeness (QED) is 0.561. The summed E-state index contributed by atoms with van der Waals surface area (Å²) < 4.78 is 0. The first-order valence-corrected chi connectivity index (χ1v) is 10.7. The summed E-state index contributed by atoms with van der Waals surface area (Å²) in [5.74, 6) is 2.06. The van der Waals surface area contributed by atoms with Crippen LogP contribution in [-0.4, -0.2) is 6.04 Å². The Kier molecular flexibility index (Phi) is 5.55. The monoisotopic (exact) mass is 367 g/mol. The molecule has 0 amide bonds. The second kappa shape index (κ2) is 8.05. The first-order chi connectivity index (χ1) is 12.8. The topological polar surface area (TPSA) is 12.0 Å². The molecule has 138 valence electrons. The summed E-state index contributed by atoms with van der Waals surface area (Å²) >= 11 is 6.71. The second-order valence-electron chi connectivity index (χ2n) is 8.15. The number of hydrogen-bond acceptors (Lipinski definition) is 1. The number of rotatable bonds is 6. The average Bonchev–Trinajstić information content (AvgIpc) is 3.48. The van der Waals surface area contributed by atoms with Crippen LogP contribution in [0.25, 0.3) is 0 Å².